The third kappa shape index (κ3) is 4.57. The number of hydrogen-bond acceptors (Lipinski definition) is 4. The second kappa shape index (κ2) is 9.02. The second-order valence-electron chi connectivity index (χ2n) is 8.46. The van der Waals surface area contributed by atoms with Gasteiger partial charge in [0.25, 0.3) is 0 Å². The summed E-state index contributed by atoms with van der Waals surface area (Å²) in [5.41, 5.74) is 0.162. The molecule has 2 aliphatic rings. The zero-order valence-electron chi connectivity index (χ0n) is 17.7. The molecule has 30 heavy (non-hydrogen) atoms. The first kappa shape index (κ1) is 20.6. The predicted octanol–water partition coefficient (Wildman–Crippen LogP) is 4.34. The van der Waals surface area contributed by atoms with Gasteiger partial charge in [-0.3, -0.25) is 0 Å². The lowest BCUT2D eigenvalue weighted by atomic mass is 9.97. The molecule has 1 fully saturated rings. The van der Waals surface area contributed by atoms with Crippen LogP contribution in [0.1, 0.15) is 63.5 Å². The van der Waals surface area contributed by atoms with E-state index in [0.29, 0.717) is 18.8 Å². The number of nitrogens with one attached hydrogen (secondary N) is 1. The van der Waals surface area contributed by atoms with Gasteiger partial charge in [0.1, 0.15) is 23.2 Å². The summed E-state index contributed by atoms with van der Waals surface area (Å²) < 4.78 is 22.2. The average Bonchev–Trinajstić information content (AvgIpc) is 2.98. The highest BCUT2D eigenvalue weighted by Crippen LogP contribution is 2.29. The molecule has 1 saturated heterocycles. The molecular formula is C22H30FN5O2. The summed E-state index contributed by atoms with van der Waals surface area (Å²) >= 11 is 0. The number of piperidine rings is 1. The fourth-order valence-electron chi connectivity index (χ4n) is 4.32. The highest BCUT2D eigenvalue weighted by molar-refractivity contribution is 5.89. The number of nitrogens with zero attached hydrogens (tertiary/aromatic N) is 4. The Labute approximate surface area is 176 Å². The first-order chi connectivity index (χ1) is 14.5. The van der Waals surface area contributed by atoms with Gasteiger partial charge in [0.15, 0.2) is 0 Å². The number of likely N-dealkylation sites (tertiary alicyclic amines) is 1. The molecule has 0 spiro atoms. The highest BCUT2D eigenvalue weighted by Gasteiger charge is 2.29. The highest BCUT2D eigenvalue weighted by atomic mass is 19.1. The van der Waals surface area contributed by atoms with Crippen molar-refractivity contribution in [3.8, 4) is 5.75 Å². The van der Waals surface area contributed by atoms with E-state index in [1.165, 1.54) is 12.5 Å². The third-order valence-corrected chi connectivity index (χ3v) is 5.77. The average molecular weight is 416 g/mol. The van der Waals surface area contributed by atoms with E-state index in [9.17, 15) is 9.18 Å². The van der Waals surface area contributed by atoms with E-state index in [0.717, 1.165) is 50.3 Å². The molecule has 0 saturated carbocycles. The number of benzene rings is 1. The fourth-order valence-corrected chi connectivity index (χ4v) is 4.32. The molecule has 4 rings (SSSR count). The minimum atomic E-state index is -0.502. The van der Waals surface area contributed by atoms with Crippen LogP contribution in [0.25, 0.3) is 0 Å². The number of carbonyl (C=O) groups excluding carboxylic acids is 1. The summed E-state index contributed by atoms with van der Waals surface area (Å²) in [5, 5.41) is 11.6. The lowest BCUT2D eigenvalue weighted by Gasteiger charge is -2.32. The molecule has 1 atom stereocenters. The van der Waals surface area contributed by atoms with E-state index >= 15 is 0 Å². The largest absolute Gasteiger partial charge is 0.491 e. The lowest BCUT2D eigenvalue weighted by molar-refractivity contribution is 0.190. The monoisotopic (exact) mass is 415 g/mol. The Balaban J connectivity index is 1.42. The van der Waals surface area contributed by atoms with Gasteiger partial charge >= 0.3 is 6.03 Å². The number of ether oxygens (including phenoxy) is 1. The predicted molar refractivity (Wildman–Crippen MR) is 112 cm³/mol. The zero-order chi connectivity index (χ0) is 21.1. The van der Waals surface area contributed by atoms with E-state index in [-0.39, 0.29) is 23.7 Å². The number of halogens is 1. The normalized spacial score (nSPS) is 19.3. The molecule has 2 amide bonds. The summed E-state index contributed by atoms with van der Waals surface area (Å²) in [5.74, 6) is 2.17. The Morgan fingerprint density at radius 1 is 1.20 bits per heavy atom. The molecule has 0 bridgehead atoms. The van der Waals surface area contributed by atoms with Crippen LogP contribution in [0, 0.1) is 5.82 Å². The van der Waals surface area contributed by atoms with Crippen LogP contribution in [0.15, 0.2) is 18.2 Å². The minimum absolute atomic E-state index is 0.0395. The van der Waals surface area contributed by atoms with Gasteiger partial charge in [0, 0.05) is 38.0 Å². The molecule has 162 valence electrons. The molecule has 0 unspecified atom stereocenters. The second-order valence-corrected chi connectivity index (χ2v) is 8.46. The number of anilines is 1. The van der Waals surface area contributed by atoms with Crippen LogP contribution in [0.2, 0.25) is 0 Å². The molecular weight excluding hydrogens is 385 g/mol. The molecule has 3 heterocycles. The van der Waals surface area contributed by atoms with Crippen molar-refractivity contribution in [2.45, 2.75) is 70.9 Å². The summed E-state index contributed by atoms with van der Waals surface area (Å²) in [6, 6.07) is 4.24. The smallest absolute Gasteiger partial charge is 0.321 e. The van der Waals surface area contributed by atoms with Crippen LogP contribution in [0.5, 0.6) is 5.75 Å². The molecule has 0 radical (unpaired) electrons. The quantitative estimate of drug-likeness (QED) is 0.806. The number of aromatic nitrogens is 3. The van der Waals surface area contributed by atoms with Crippen molar-refractivity contribution in [1.29, 1.82) is 0 Å². The van der Waals surface area contributed by atoms with Crippen LogP contribution < -0.4 is 10.1 Å². The van der Waals surface area contributed by atoms with Crippen molar-refractivity contribution in [3.05, 3.63) is 35.7 Å². The molecule has 7 nitrogen and oxygen atoms in total. The number of fused-ring (bicyclic) bond motifs is 1. The number of urea groups is 1. The Morgan fingerprint density at radius 3 is 2.87 bits per heavy atom. The van der Waals surface area contributed by atoms with Crippen molar-refractivity contribution in [2.75, 3.05) is 18.4 Å². The number of carbonyl (C=O) groups is 1. The maximum absolute atomic E-state index is 14.4. The van der Waals surface area contributed by atoms with Crippen LogP contribution in [-0.2, 0) is 13.0 Å². The van der Waals surface area contributed by atoms with E-state index < -0.39 is 5.82 Å². The van der Waals surface area contributed by atoms with Crippen LogP contribution in [-0.4, -0.2) is 44.9 Å². The van der Waals surface area contributed by atoms with Gasteiger partial charge < -0.3 is 19.5 Å². The van der Waals surface area contributed by atoms with Gasteiger partial charge in [-0.1, -0.05) is 6.42 Å². The maximum atomic E-state index is 14.4. The zero-order valence-corrected chi connectivity index (χ0v) is 17.7. The Hall–Kier alpha value is -2.64. The van der Waals surface area contributed by atoms with Crippen LogP contribution >= 0.6 is 0 Å². The number of aryl methyl sites for hydroxylation is 1. The van der Waals surface area contributed by atoms with Gasteiger partial charge in [-0.25, -0.2) is 9.18 Å². The van der Waals surface area contributed by atoms with Gasteiger partial charge in [0.05, 0.1) is 11.8 Å². The van der Waals surface area contributed by atoms with Crippen molar-refractivity contribution in [1.82, 2.24) is 19.7 Å². The summed E-state index contributed by atoms with van der Waals surface area (Å²) in [6.45, 7) is 5.94. The topological polar surface area (TPSA) is 72.3 Å². The molecule has 1 aromatic heterocycles. The molecule has 8 heteroatoms. The lowest BCUT2D eigenvalue weighted by Crippen LogP contribution is -2.42. The molecule has 0 aliphatic carbocycles. The third-order valence-electron chi connectivity index (χ3n) is 5.77. The summed E-state index contributed by atoms with van der Waals surface area (Å²) in [4.78, 5) is 14.6. The standard InChI is InChI=1S/C22H30FN5O2/c1-15(2)30-17-9-10-19(18(23)13-17)24-22(29)27-11-6-7-16(14-27)21-26-25-20-8-4-3-5-12-28(20)21/h9-10,13,15-16H,3-8,11-12,14H2,1-2H3,(H,24,29)/t16-/m0/s1. The Morgan fingerprint density at radius 2 is 2.07 bits per heavy atom. The van der Waals surface area contributed by atoms with Gasteiger partial charge in [-0.05, 0) is 51.7 Å². The first-order valence-corrected chi connectivity index (χ1v) is 11.0. The fraction of sp³-hybridized carbons (Fsp3) is 0.591. The maximum Gasteiger partial charge on any atom is 0.321 e. The van der Waals surface area contributed by atoms with Crippen LogP contribution in [0.4, 0.5) is 14.9 Å². The number of rotatable bonds is 4. The minimum Gasteiger partial charge on any atom is -0.491 e. The molecule has 1 aromatic carbocycles. The van der Waals surface area contributed by atoms with Crippen molar-refractivity contribution in [2.24, 2.45) is 0 Å². The molecule has 1 N–H and O–H groups in total. The Kier molecular flexibility index (Phi) is 6.20. The van der Waals surface area contributed by atoms with Gasteiger partial charge in [-0.2, -0.15) is 0 Å². The van der Waals surface area contributed by atoms with E-state index in [4.69, 9.17) is 4.74 Å². The van der Waals surface area contributed by atoms with Crippen LogP contribution in [0.3, 0.4) is 0 Å². The van der Waals surface area contributed by atoms with Gasteiger partial charge in [0.2, 0.25) is 0 Å². The van der Waals surface area contributed by atoms with Crippen molar-refractivity contribution < 1.29 is 13.9 Å². The SMILES string of the molecule is CC(C)Oc1ccc(NC(=O)N2CCC[C@H](c3nnc4n3CCCCC4)C2)c(F)c1. The first-order valence-electron chi connectivity index (χ1n) is 11.0. The Bertz CT molecular complexity index is 898. The number of amides is 2. The van der Waals surface area contributed by atoms with Crippen molar-refractivity contribution >= 4 is 11.7 Å². The summed E-state index contributed by atoms with van der Waals surface area (Å²) in [6.07, 6.45) is 6.33. The summed E-state index contributed by atoms with van der Waals surface area (Å²) in [7, 11) is 0. The van der Waals surface area contributed by atoms with Gasteiger partial charge in [-0.15, -0.1) is 10.2 Å². The molecule has 2 aromatic rings. The number of hydrogen-bond donors (Lipinski definition) is 1. The van der Waals surface area contributed by atoms with E-state index in [1.54, 1.807) is 17.0 Å². The van der Waals surface area contributed by atoms with E-state index in [2.05, 4.69) is 20.1 Å². The van der Waals surface area contributed by atoms with E-state index in [1.807, 2.05) is 13.8 Å². The molecule has 2 aliphatic heterocycles. The van der Waals surface area contributed by atoms with Crippen molar-refractivity contribution in [3.63, 3.8) is 0 Å².